The lowest BCUT2D eigenvalue weighted by atomic mass is 10.3. The predicted octanol–water partition coefficient (Wildman–Crippen LogP) is 2.99. The fourth-order valence-corrected chi connectivity index (χ4v) is 1.50. The van der Waals surface area contributed by atoms with Gasteiger partial charge in [-0.3, -0.25) is 0 Å². The lowest BCUT2D eigenvalue weighted by Gasteiger charge is -2.11. The summed E-state index contributed by atoms with van der Waals surface area (Å²) < 4.78 is 38.1. The first-order chi connectivity index (χ1) is 9.38. The van der Waals surface area contributed by atoms with Crippen LogP contribution in [0.4, 0.5) is 30.6 Å². The van der Waals surface area contributed by atoms with Crippen LogP contribution in [0.25, 0.3) is 0 Å². The molecule has 0 saturated carbocycles. The predicted molar refractivity (Wildman–Crippen MR) is 68.0 cm³/mol. The zero-order valence-corrected chi connectivity index (χ0v) is 10.4. The third-order valence-electron chi connectivity index (χ3n) is 2.36. The highest BCUT2D eigenvalue weighted by Crippen LogP contribution is 2.30. The van der Waals surface area contributed by atoms with E-state index in [4.69, 9.17) is 0 Å². The number of hydrogen-bond donors (Lipinski definition) is 3. The fourth-order valence-electron chi connectivity index (χ4n) is 1.50. The molecule has 5 nitrogen and oxygen atoms in total. The Balaban J connectivity index is 2.36. The molecule has 0 amide bonds. The van der Waals surface area contributed by atoms with E-state index in [0.717, 1.165) is 6.07 Å². The molecular weight excluding hydrogens is 273 g/mol. The second-order valence-electron chi connectivity index (χ2n) is 3.89. The van der Waals surface area contributed by atoms with E-state index in [1.807, 2.05) is 0 Å². The molecule has 0 spiro atoms. The molecule has 0 aliphatic heterocycles. The molecule has 0 aliphatic carbocycles. The molecule has 0 radical (unpaired) electrons. The normalized spacial score (nSPS) is 11.2. The van der Waals surface area contributed by atoms with E-state index in [-0.39, 0.29) is 17.5 Å². The highest BCUT2D eigenvalue weighted by Gasteiger charge is 2.33. The zero-order chi connectivity index (χ0) is 14.8. The highest BCUT2D eigenvalue weighted by atomic mass is 19.4. The molecule has 0 saturated heterocycles. The van der Waals surface area contributed by atoms with Gasteiger partial charge in [-0.15, -0.1) is 0 Å². The summed E-state index contributed by atoms with van der Waals surface area (Å²) in [5.74, 6) is -0.182. The fraction of sp³-hybridized carbons (Fsp3) is 0.167. The van der Waals surface area contributed by atoms with E-state index in [2.05, 4.69) is 20.6 Å². The maximum absolute atomic E-state index is 12.7. The molecule has 0 fully saturated rings. The van der Waals surface area contributed by atoms with Crippen LogP contribution in [0.5, 0.6) is 5.75 Å². The summed E-state index contributed by atoms with van der Waals surface area (Å²) in [5.41, 5.74) is -0.640. The van der Waals surface area contributed by atoms with Crippen LogP contribution in [0.15, 0.2) is 30.3 Å². The molecular formula is C12H11F3N4O. The molecule has 2 rings (SSSR count). The van der Waals surface area contributed by atoms with E-state index >= 15 is 0 Å². The van der Waals surface area contributed by atoms with Crippen LogP contribution in [-0.2, 0) is 6.18 Å². The number of aromatic nitrogens is 2. The van der Waals surface area contributed by atoms with Gasteiger partial charge in [-0.25, -0.2) is 4.98 Å². The van der Waals surface area contributed by atoms with Crippen molar-refractivity contribution < 1.29 is 18.3 Å². The summed E-state index contributed by atoms with van der Waals surface area (Å²) in [6.07, 6.45) is -4.57. The Labute approximate surface area is 112 Å². The number of rotatable bonds is 3. The average molecular weight is 284 g/mol. The Bertz CT molecular complexity index is 616. The first-order valence-corrected chi connectivity index (χ1v) is 5.58. The number of anilines is 3. The van der Waals surface area contributed by atoms with Gasteiger partial charge >= 0.3 is 6.18 Å². The Morgan fingerprint density at radius 1 is 1.15 bits per heavy atom. The van der Waals surface area contributed by atoms with E-state index < -0.39 is 11.9 Å². The van der Waals surface area contributed by atoms with Crippen LogP contribution < -0.4 is 10.6 Å². The minimum absolute atomic E-state index is 0.00561. The summed E-state index contributed by atoms with van der Waals surface area (Å²) in [5, 5.41) is 14.5. The maximum atomic E-state index is 12.7. The minimum atomic E-state index is -4.57. The van der Waals surface area contributed by atoms with Crippen molar-refractivity contribution in [1.29, 1.82) is 0 Å². The Morgan fingerprint density at radius 3 is 2.50 bits per heavy atom. The minimum Gasteiger partial charge on any atom is -0.508 e. The van der Waals surface area contributed by atoms with Crippen molar-refractivity contribution in [2.24, 2.45) is 0 Å². The van der Waals surface area contributed by atoms with Gasteiger partial charge in [0.15, 0.2) is 5.69 Å². The van der Waals surface area contributed by atoms with Crippen LogP contribution in [0.3, 0.4) is 0 Å². The second kappa shape index (κ2) is 5.24. The SMILES string of the molecule is CNc1nc(Nc2cccc(O)c2)cc(C(F)(F)F)n1. The molecule has 0 unspecified atom stereocenters. The van der Waals surface area contributed by atoms with Crippen LogP contribution >= 0.6 is 0 Å². The molecule has 1 aromatic carbocycles. The molecule has 0 aliphatic rings. The number of halogens is 3. The van der Waals surface area contributed by atoms with Gasteiger partial charge < -0.3 is 15.7 Å². The summed E-state index contributed by atoms with van der Waals surface area (Å²) in [6, 6.07) is 6.77. The molecule has 1 heterocycles. The smallest absolute Gasteiger partial charge is 0.433 e. The number of benzene rings is 1. The number of alkyl halides is 3. The third kappa shape index (κ3) is 3.28. The van der Waals surface area contributed by atoms with E-state index in [9.17, 15) is 18.3 Å². The third-order valence-corrected chi connectivity index (χ3v) is 2.36. The molecule has 1 aromatic heterocycles. The van der Waals surface area contributed by atoms with Gasteiger partial charge in [0, 0.05) is 24.9 Å². The Kier molecular flexibility index (Phi) is 3.64. The van der Waals surface area contributed by atoms with Gasteiger partial charge in [-0.1, -0.05) is 6.07 Å². The molecule has 0 atom stereocenters. The summed E-state index contributed by atoms with van der Waals surface area (Å²) >= 11 is 0. The van der Waals surface area contributed by atoms with E-state index in [0.29, 0.717) is 5.69 Å². The van der Waals surface area contributed by atoms with Crippen molar-refractivity contribution >= 4 is 17.5 Å². The van der Waals surface area contributed by atoms with Gasteiger partial charge in [0.05, 0.1) is 0 Å². The number of phenols is 1. The van der Waals surface area contributed by atoms with Gasteiger partial charge in [0.1, 0.15) is 11.6 Å². The summed E-state index contributed by atoms with van der Waals surface area (Å²) in [4.78, 5) is 7.22. The van der Waals surface area contributed by atoms with Crippen LogP contribution in [0.1, 0.15) is 5.69 Å². The van der Waals surface area contributed by atoms with Gasteiger partial charge in [0.25, 0.3) is 0 Å². The molecule has 106 valence electrons. The molecule has 0 bridgehead atoms. The van der Waals surface area contributed by atoms with Gasteiger partial charge in [-0.2, -0.15) is 18.2 Å². The van der Waals surface area contributed by atoms with Gasteiger partial charge in [0.2, 0.25) is 5.95 Å². The number of phenolic OH excluding ortho intramolecular Hbond substituents is 1. The first kappa shape index (κ1) is 13.9. The van der Waals surface area contributed by atoms with E-state index in [1.54, 1.807) is 12.1 Å². The Hall–Kier alpha value is -2.51. The number of hydrogen-bond acceptors (Lipinski definition) is 5. The summed E-state index contributed by atoms with van der Waals surface area (Å²) in [6.45, 7) is 0. The van der Waals surface area contributed by atoms with Crippen LogP contribution in [0.2, 0.25) is 0 Å². The largest absolute Gasteiger partial charge is 0.508 e. The van der Waals surface area contributed by atoms with Crippen molar-refractivity contribution in [3.63, 3.8) is 0 Å². The molecule has 20 heavy (non-hydrogen) atoms. The van der Waals surface area contributed by atoms with Crippen molar-refractivity contribution in [3.05, 3.63) is 36.0 Å². The average Bonchev–Trinajstić information content (AvgIpc) is 2.37. The van der Waals surface area contributed by atoms with Crippen molar-refractivity contribution in [2.75, 3.05) is 17.7 Å². The van der Waals surface area contributed by atoms with Crippen molar-refractivity contribution in [1.82, 2.24) is 9.97 Å². The number of aromatic hydroxyl groups is 1. The van der Waals surface area contributed by atoms with Gasteiger partial charge in [-0.05, 0) is 12.1 Å². The lowest BCUT2D eigenvalue weighted by molar-refractivity contribution is -0.141. The monoisotopic (exact) mass is 284 g/mol. The van der Waals surface area contributed by atoms with Crippen LogP contribution in [-0.4, -0.2) is 22.1 Å². The molecule has 3 N–H and O–H groups in total. The Morgan fingerprint density at radius 2 is 1.90 bits per heavy atom. The lowest BCUT2D eigenvalue weighted by Crippen LogP contribution is -2.12. The summed E-state index contributed by atoms with van der Waals surface area (Å²) in [7, 11) is 1.42. The maximum Gasteiger partial charge on any atom is 0.433 e. The first-order valence-electron chi connectivity index (χ1n) is 5.58. The number of nitrogens with one attached hydrogen (secondary N) is 2. The topological polar surface area (TPSA) is 70.1 Å². The van der Waals surface area contributed by atoms with E-state index in [1.165, 1.54) is 19.2 Å². The van der Waals surface area contributed by atoms with Crippen molar-refractivity contribution in [3.8, 4) is 5.75 Å². The second-order valence-corrected chi connectivity index (χ2v) is 3.89. The molecule has 2 aromatic rings. The zero-order valence-electron chi connectivity index (χ0n) is 10.4. The quantitative estimate of drug-likeness (QED) is 0.808. The number of nitrogens with zero attached hydrogens (tertiary/aromatic N) is 2. The highest BCUT2D eigenvalue weighted by molar-refractivity contribution is 5.59. The standard InChI is InChI=1S/C12H11F3N4O/c1-16-11-18-9(12(13,14)15)6-10(19-11)17-7-3-2-4-8(20)5-7/h2-6,20H,1H3,(H2,16,17,18,19). The van der Waals surface area contributed by atoms with Crippen LogP contribution in [0, 0.1) is 0 Å². The molecule has 8 heteroatoms. The van der Waals surface area contributed by atoms with Crippen molar-refractivity contribution in [2.45, 2.75) is 6.18 Å².